The average Bonchev–Trinajstić information content (AvgIpc) is 2.47. The Hall–Kier alpha value is 0.190. The van der Waals surface area contributed by atoms with Crippen LogP contribution in [0.3, 0.4) is 0 Å². The van der Waals surface area contributed by atoms with E-state index < -0.39 is 12.8 Å². The largest absolute Gasteiger partial charge is 0.411 e. The first-order valence-electron chi connectivity index (χ1n) is 5.97. The highest BCUT2D eigenvalue weighted by molar-refractivity contribution is 9.09. The van der Waals surface area contributed by atoms with E-state index in [4.69, 9.17) is 0 Å². The van der Waals surface area contributed by atoms with Crippen LogP contribution in [-0.4, -0.2) is 48.8 Å². The van der Waals surface area contributed by atoms with Crippen LogP contribution in [0, 0.1) is 0 Å². The second-order valence-electron chi connectivity index (χ2n) is 4.36. The van der Waals surface area contributed by atoms with E-state index >= 15 is 0 Å². The van der Waals surface area contributed by atoms with Crippen LogP contribution in [0.25, 0.3) is 0 Å². The number of alkyl halides is 4. The van der Waals surface area contributed by atoms with Gasteiger partial charge >= 0.3 is 6.18 Å². The Morgan fingerprint density at radius 1 is 1.24 bits per heavy atom. The van der Waals surface area contributed by atoms with Crippen molar-refractivity contribution in [1.29, 1.82) is 0 Å². The van der Waals surface area contributed by atoms with Crippen molar-refractivity contribution >= 4 is 15.9 Å². The summed E-state index contributed by atoms with van der Waals surface area (Å²) >= 11 is 3.46. The Bertz CT molecular complexity index is 213. The van der Waals surface area contributed by atoms with Gasteiger partial charge in [-0.2, -0.15) is 13.2 Å². The summed E-state index contributed by atoms with van der Waals surface area (Å²) in [6.07, 6.45) is 0.445. The van der Waals surface area contributed by atoms with Gasteiger partial charge in [0, 0.05) is 17.9 Å². The maximum atomic E-state index is 11.9. The van der Waals surface area contributed by atoms with Crippen LogP contribution in [0.2, 0.25) is 0 Å². The zero-order valence-electron chi connectivity index (χ0n) is 9.81. The predicted molar refractivity (Wildman–Crippen MR) is 64.5 cm³/mol. The fraction of sp³-hybridized carbons (Fsp3) is 1.00. The summed E-state index contributed by atoms with van der Waals surface area (Å²) in [5.74, 6) is 0. The van der Waals surface area contributed by atoms with Gasteiger partial charge in [-0.15, -0.1) is 0 Å². The van der Waals surface area contributed by atoms with Crippen LogP contribution < -0.4 is 0 Å². The molecule has 1 aliphatic rings. The molecule has 0 aliphatic carbocycles. The molecule has 0 N–H and O–H groups in total. The zero-order chi connectivity index (χ0) is 12.7. The lowest BCUT2D eigenvalue weighted by molar-refractivity contribution is -0.174. The second kappa shape index (κ2) is 7.59. The van der Waals surface area contributed by atoms with Crippen molar-refractivity contribution < 1.29 is 17.9 Å². The summed E-state index contributed by atoms with van der Waals surface area (Å²) in [7, 11) is 0. The molecule has 0 aromatic carbocycles. The summed E-state index contributed by atoms with van der Waals surface area (Å²) in [5.41, 5.74) is 0. The monoisotopic (exact) mass is 317 g/mol. The van der Waals surface area contributed by atoms with Gasteiger partial charge in [-0.3, -0.25) is 4.90 Å². The molecule has 1 saturated heterocycles. The first kappa shape index (κ1) is 15.2. The maximum Gasteiger partial charge on any atom is 0.411 e. The number of likely N-dealkylation sites (tertiary alicyclic amines) is 1. The summed E-state index contributed by atoms with van der Waals surface area (Å²) in [6, 6.07) is 0.437. The average molecular weight is 318 g/mol. The minimum Gasteiger partial charge on any atom is -0.371 e. The number of hydrogen-bond donors (Lipinski definition) is 0. The Morgan fingerprint density at radius 3 is 2.65 bits per heavy atom. The van der Waals surface area contributed by atoms with Crippen molar-refractivity contribution in [3.8, 4) is 0 Å². The van der Waals surface area contributed by atoms with Gasteiger partial charge in [0.2, 0.25) is 0 Å². The zero-order valence-corrected chi connectivity index (χ0v) is 11.4. The third kappa shape index (κ3) is 6.62. The topological polar surface area (TPSA) is 12.5 Å². The Morgan fingerprint density at radius 2 is 2.00 bits per heavy atom. The molecule has 0 spiro atoms. The molecule has 2 nitrogen and oxygen atoms in total. The van der Waals surface area contributed by atoms with Crippen molar-refractivity contribution in [2.75, 3.05) is 31.6 Å². The van der Waals surface area contributed by atoms with E-state index in [1.807, 2.05) is 0 Å². The summed E-state index contributed by atoms with van der Waals surface area (Å²) in [5, 5.41) is 0.881. The smallest absolute Gasteiger partial charge is 0.371 e. The quantitative estimate of drug-likeness (QED) is 0.570. The van der Waals surface area contributed by atoms with Gasteiger partial charge in [-0.25, -0.2) is 0 Å². The van der Waals surface area contributed by atoms with E-state index in [1.165, 1.54) is 12.8 Å². The van der Waals surface area contributed by atoms with Crippen molar-refractivity contribution in [3.63, 3.8) is 0 Å². The van der Waals surface area contributed by atoms with Gasteiger partial charge in [-0.1, -0.05) is 28.8 Å². The van der Waals surface area contributed by atoms with Crippen molar-refractivity contribution in [3.05, 3.63) is 0 Å². The Kier molecular flexibility index (Phi) is 6.80. The van der Waals surface area contributed by atoms with Crippen LogP contribution in [0.1, 0.15) is 25.7 Å². The molecule has 0 aromatic rings. The summed E-state index contributed by atoms with van der Waals surface area (Å²) in [6.45, 7) is 0.570. The van der Waals surface area contributed by atoms with E-state index in [2.05, 4.69) is 25.6 Å². The predicted octanol–water partition coefficient (Wildman–Crippen LogP) is 3.20. The lowest BCUT2D eigenvalue weighted by atomic mass is 10.1. The molecule has 0 bridgehead atoms. The molecule has 1 fully saturated rings. The minimum absolute atomic E-state index is 0.156. The highest BCUT2D eigenvalue weighted by Gasteiger charge is 2.27. The molecule has 0 amide bonds. The first-order chi connectivity index (χ1) is 8.03. The fourth-order valence-electron chi connectivity index (χ4n) is 2.08. The molecule has 17 heavy (non-hydrogen) atoms. The van der Waals surface area contributed by atoms with Crippen LogP contribution in [-0.2, 0) is 4.74 Å². The molecule has 6 heteroatoms. The van der Waals surface area contributed by atoms with E-state index in [0.29, 0.717) is 12.6 Å². The highest BCUT2D eigenvalue weighted by atomic mass is 79.9. The molecular formula is C11H19BrF3NO. The Labute approximate surface area is 109 Å². The van der Waals surface area contributed by atoms with Crippen molar-refractivity contribution in [2.24, 2.45) is 0 Å². The van der Waals surface area contributed by atoms with Gasteiger partial charge in [0.15, 0.2) is 0 Å². The molecule has 0 saturated carbocycles. The van der Waals surface area contributed by atoms with Crippen LogP contribution in [0.15, 0.2) is 0 Å². The molecule has 0 aromatic heterocycles. The minimum atomic E-state index is -4.21. The van der Waals surface area contributed by atoms with Crippen molar-refractivity contribution in [2.45, 2.75) is 37.9 Å². The summed E-state index contributed by atoms with van der Waals surface area (Å²) < 4.78 is 40.3. The van der Waals surface area contributed by atoms with Gasteiger partial charge in [0.25, 0.3) is 0 Å². The Balaban J connectivity index is 2.23. The lowest BCUT2D eigenvalue weighted by Crippen LogP contribution is -2.38. The SMILES string of the molecule is FC(F)(F)COCCN1CCCCCC1CBr. The van der Waals surface area contributed by atoms with Gasteiger partial charge in [0.05, 0.1) is 6.61 Å². The first-order valence-corrected chi connectivity index (χ1v) is 7.09. The second-order valence-corrected chi connectivity index (χ2v) is 5.01. The van der Waals surface area contributed by atoms with E-state index in [1.54, 1.807) is 0 Å². The maximum absolute atomic E-state index is 11.9. The van der Waals surface area contributed by atoms with Gasteiger partial charge in [-0.05, 0) is 19.4 Å². The third-order valence-electron chi connectivity index (χ3n) is 2.97. The van der Waals surface area contributed by atoms with E-state index in [0.717, 1.165) is 24.7 Å². The molecular weight excluding hydrogens is 299 g/mol. The summed E-state index contributed by atoms with van der Waals surface area (Å²) in [4.78, 5) is 2.23. The number of ether oxygens (including phenoxy) is 1. The number of rotatable bonds is 5. The van der Waals surface area contributed by atoms with Crippen LogP contribution in [0.4, 0.5) is 13.2 Å². The normalized spacial score (nSPS) is 23.6. The fourth-order valence-corrected chi connectivity index (χ4v) is 2.81. The number of hydrogen-bond acceptors (Lipinski definition) is 2. The van der Waals surface area contributed by atoms with Gasteiger partial charge in [0.1, 0.15) is 6.61 Å². The van der Waals surface area contributed by atoms with E-state index in [9.17, 15) is 13.2 Å². The van der Waals surface area contributed by atoms with Crippen LogP contribution in [0.5, 0.6) is 0 Å². The molecule has 1 atom stereocenters. The number of nitrogens with zero attached hydrogens (tertiary/aromatic N) is 1. The standard InChI is InChI=1S/C11H19BrF3NO/c12-8-10-4-2-1-3-5-16(10)6-7-17-9-11(13,14)15/h10H,1-9H2. The van der Waals surface area contributed by atoms with Crippen molar-refractivity contribution in [1.82, 2.24) is 4.90 Å². The van der Waals surface area contributed by atoms with Gasteiger partial charge < -0.3 is 4.74 Å². The molecule has 1 aliphatic heterocycles. The lowest BCUT2D eigenvalue weighted by Gasteiger charge is -2.28. The number of halogens is 4. The molecule has 1 heterocycles. The molecule has 0 radical (unpaired) electrons. The van der Waals surface area contributed by atoms with E-state index in [-0.39, 0.29) is 6.61 Å². The highest BCUT2D eigenvalue weighted by Crippen LogP contribution is 2.18. The molecule has 1 unspecified atom stereocenters. The third-order valence-corrected chi connectivity index (χ3v) is 3.71. The molecule has 1 rings (SSSR count). The van der Waals surface area contributed by atoms with Crippen LogP contribution >= 0.6 is 15.9 Å². The molecule has 102 valence electrons.